The maximum absolute atomic E-state index is 12.5. The van der Waals surface area contributed by atoms with Crippen molar-refractivity contribution in [2.75, 3.05) is 0 Å². The number of urea groups is 1. The molecule has 3 aromatic rings. The summed E-state index contributed by atoms with van der Waals surface area (Å²) >= 11 is 0. The number of nitrogens with one attached hydrogen (secondary N) is 2. The molecule has 0 radical (unpaired) electrons. The third-order valence-electron chi connectivity index (χ3n) is 4.33. The molecule has 1 heterocycles. The highest BCUT2D eigenvalue weighted by Gasteiger charge is 2.20. The standard InChI is InChI=1S/C21H24N2O2/c1-14(2)20(16-9-5-4-6-10-16)23-21(24)22-15(3)19-13-17-11-7-8-12-18(17)25-19/h4-15,20H,1-3H3,(H2,22,23,24)/t15-,20+/m0/s1. The Hall–Kier alpha value is -2.75. The predicted octanol–water partition coefficient (Wildman–Crippen LogP) is 5.19. The summed E-state index contributed by atoms with van der Waals surface area (Å²) in [6.45, 7) is 6.12. The lowest BCUT2D eigenvalue weighted by Gasteiger charge is -2.24. The summed E-state index contributed by atoms with van der Waals surface area (Å²) in [7, 11) is 0. The highest BCUT2D eigenvalue weighted by atomic mass is 16.3. The highest BCUT2D eigenvalue weighted by Crippen LogP contribution is 2.24. The lowest BCUT2D eigenvalue weighted by molar-refractivity contribution is 0.228. The van der Waals surface area contributed by atoms with E-state index in [0.29, 0.717) is 0 Å². The van der Waals surface area contributed by atoms with Gasteiger partial charge < -0.3 is 15.1 Å². The number of amides is 2. The number of para-hydroxylation sites is 1. The van der Waals surface area contributed by atoms with Crippen molar-refractivity contribution < 1.29 is 9.21 Å². The van der Waals surface area contributed by atoms with Gasteiger partial charge >= 0.3 is 6.03 Å². The van der Waals surface area contributed by atoms with Gasteiger partial charge in [-0.05, 0) is 30.5 Å². The second-order valence-corrected chi connectivity index (χ2v) is 6.66. The Morgan fingerprint density at radius 3 is 2.28 bits per heavy atom. The lowest BCUT2D eigenvalue weighted by Crippen LogP contribution is -2.40. The number of benzene rings is 2. The van der Waals surface area contributed by atoms with Crippen LogP contribution in [0, 0.1) is 5.92 Å². The number of rotatable bonds is 5. The molecule has 2 amide bonds. The van der Waals surface area contributed by atoms with Gasteiger partial charge in [0, 0.05) is 5.39 Å². The first-order chi connectivity index (χ1) is 12.0. The summed E-state index contributed by atoms with van der Waals surface area (Å²) in [6.07, 6.45) is 0. The molecule has 0 bridgehead atoms. The zero-order valence-electron chi connectivity index (χ0n) is 14.8. The van der Waals surface area contributed by atoms with Crippen molar-refractivity contribution in [2.45, 2.75) is 32.9 Å². The van der Waals surface area contributed by atoms with Crippen LogP contribution in [0.1, 0.15) is 44.2 Å². The monoisotopic (exact) mass is 336 g/mol. The minimum Gasteiger partial charge on any atom is -0.459 e. The average molecular weight is 336 g/mol. The summed E-state index contributed by atoms with van der Waals surface area (Å²) in [4.78, 5) is 12.5. The van der Waals surface area contributed by atoms with E-state index in [1.165, 1.54) is 0 Å². The SMILES string of the molecule is CC(C)[C@@H](NC(=O)N[C@@H](C)c1cc2ccccc2o1)c1ccccc1. The lowest BCUT2D eigenvalue weighted by atomic mass is 9.96. The molecule has 0 aliphatic heterocycles. The number of furan rings is 1. The average Bonchev–Trinajstić information content (AvgIpc) is 3.04. The summed E-state index contributed by atoms with van der Waals surface area (Å²) in [5.74, 6) is 1.03. The van der Waals surface area contributed by atoms with E-state index in [1.807, 2.05) is 67.6 Å². The molecule has 4 heteroatoms. The molecular weight excluding hydrogens is 312 g/mol. The fourth-order valence-electron chi connectivity index (χ4n) is 2.96. The molecule has 0 saturated heterocycles. The van der Waals surface area contributed by atoms with Crippen molar-refractivity contribution in [1.82, 2.24) is 10.6 Å². The van der Waals surface area contributed by atoms with Crippen LogP contribution in [-0.4, -0.2) is 6.03 Å². The van der Waals surface area contributed by atoms with E-state index in [2.05, 4.69) is 24.5 Å². The van der Waals surface area contributed by atoms with Gasteiger partial charge in [0.05, 0.1) is 12.1 Å². The second kappa shape index (κ2) is 7.43. The van der Waals surface area contributed by atoms with Crippen LogP contribution in [0.4, 0.5) is 4.79 Å². The number of hydrogen-bond donors (Lipinski definition) is 2. The van der Waals surface area contributed by atoms with Gasteiger partial charge in [0.1, 0.15) is 11.3 Å². The van der Waals surface area contributed by atoms with Crippen molar-refractivity contribution in [3.8, 4) is 0 Å². The van der Waals surface area contributed by atoms with Crippen LogP contribution in [0.15, 0.2) is 65.1 Å². The van der Waals surface area contributed by atoms with E-state index in [9.17, 15) is 4.79 Å². The Balaban J connectivity index is 1.68. The molecule has 2 N–H and O–H groups in total. The second-order valence-electron chi connectivity index (χ2n) is 6.66. The van der Waals surface area contributed by atoms with Gasteiger partial charge in [-0.1, -0.05) is 62.4 Å². The predicted molar refractivity (Wildman–Crippen MR) is 100 cm³/mol. The van der Waals surface area contributed by atoms with E-state index in [-0.39, 0.29) is 24.0 Å². The van der Waals surface area contributed by atoms with Crippen molar-refractivity contribution >= 4 is 17.0 Å². The van der Waals surface area contributed by atoms with Gasteiger partial charge in [0.15, 0.2) is 0 Å². The molecule has 0 saturated carbocycles. The molecule has 0 aliphatic rings. The van der Waals surface area contributed by atoms with Crippen LogP contribution in [0.5, 0.6) is 0 Å². The third-order valence-corrected chi connectivity index (χ3v) is 4.33. The number of carbonyl (C=O) groups excluding carboxylic acids is 1. The van der Waals surface area contributed by atoms with Crippen molar-refractivity contribution in [1.29, 1.82) is 0 Å². The third kappa shape index (κ3) is 4.02. The normalized spacial score (nSPS) is 13.6. The van der Waals surface area contributed by atoms with Crippen molar-refractivity contribution in [3.63, 3.8) is 0 Å². The zero-order chi connectivity index (χ0) is 17.8. The molecule has 25 heavy (non-hydrogen) atoms. The molecule has 3 rings (SSSR count). The zero-order valence-corrected chi connectivity index (χ0v) is 14.8. The van der Waals surface area contributed by atoms with Crippen LogP contribution >= 0.6 is 0 Å². The van der Waals surface area contributed by atoms with E-state index in [1.54, 1.807) is 0 Å². The largest absolute Gasteiger partial charge is 0.459 e. The van der Waals surface area contributed by atoms with Crippen LogP contribution in [-0.2, 0) is 0 Å². The molecule has 4 nitrogen and oxygen atoms in total. The summed E-state index contributed by atoms with van der Waals surface area (Å²) in [6, 6.07) is 19.4. The molecular formula is C21H24N2O2. The molecule has 2 atom stereocenters. The van der Waals surface area contributed by atoms with Crippen molar-refractivity contribution in [3.05, 3.63) is 72.0 Å². The Morgan fingerprint density at radius 2 is 1.60 bits per heavy atom. The molecule has 130 valence electrons. The van der Waals surface area contributed by atoms with Gasteiger partial charge in [-0.3, -0.25) is 0 Å². The molecule has 0 spiro atoms. The maximum Gasteiger partial charge on any atom is 0.315 e. The van der Waals surface area contributed by atoms with Gasteiger partial charge in [-0.25, -0.2) is 4.79 Å². The molecule has 0 aliphatic carbocycles. The number of carbonyl (C=O) groups is 1. The minimum atomic E-state index is -0.212. The first-order valence-electron chi connectivity index (χ1n) is 8.65. The van der Waals surface area contributed by atoms with Gasteiger partial charge in [0.25, 0.3) is 0 Å². The Kier molecular flexibility index (Phi) is 5.08. The van der Waals surface area contributed by atoms with Crippen LogP contribution in [0.25, 0.3) is 11.0 Å². The van der Waals surface area contributed by atoms with Crippen LogP contribution < -0.4 is 10.6 Å². The van der Waals surface area contributed by atoms with E-state index in [0.717, 1.165) is 22.3 Å². The summed E-state index contributed by atoms with van der Waals surface area (Å²) in [5.41, 5.74) is 1.93. The van der Waals surface area contributed by atoms with Gasteiger partial charge in [-0.15, -0.1) is 0 Å². The first kappa shape index (κ1) is 17.1. The minimum absolute atomic E-state index is 0.0379. The van der Waals surface area contributed by atoms with Crippen molar-refractivity contribution in [2.24, 2.45) is 5.92 Å². The van der Waals surface area contributed by atoms with Gasteiger partial charge in [0.2, 0.25) is 0 Å². The summed E-state index contributed by atoms with van der Waals surface area (Å²) in [5, 5.41) is 7.08. The van der Waals surface area contributed by atoms with Crippen LogP contribution in [0.2, 0.25) is 0 Å². The Labute approximate surface area is 148 Å². The maximum atomic E-state index is 12.5. The fourth-order valence-corrected chi connectivity index (χ4v) is 2.96. The van der Waals surface area contributed by atoms with Crippen LogP contribution in [0.3, 0.4) is 0 Å². The smallest absolute Gasteiger partial charge is 0.315 e. The van der Waals surface area contributed by atoms with E-state index in [4.69, 9.17) is 4.42 Å². The Morgan fingerprint density at radius 1 is 0.920 bits per heavy atom. The molecule has 2 aromatic carbocycles. The summed E-state index contributed by atoms with van der Waals surface area (Å²) < 4.78 is 5.83. The molecule has 1 aromatic heterocycles. The fraction of sp³-hybridized carbons (Fsp3) is 0.286. The molecule has 0 fully saturated rings. The Bertz CT molecular complexity index is 806. The van der Waals surface area contributed by atoms with Gasteiger partial charge in [-0.2, -0.15) is 0 Å². The first-order valence-corrected chi connectivity index (χ1v) is 8.65. The number of fused-ring (bicyclic) bond motifs is 1. The van der Waals surface area contributed by atoms with E-state index < -0.39 is 0 Å². The highest BCUT2D eigenvalue weighted by molar-refractivity contribution is 5.78. The topological polar surface area (TPSA) is 54.3 Å². The quantitative estimate of drug-likeness (QED) is 0.673. The number of hydrogen-bond acceptors (Lipinski definition) is 2. The van der Waals surface area contributed by atoms with E-state index >= 15 is 0 Å². The molecule has 0 unspecified atom stereocenters.